The lowest BCUT2D eigenvalue weighted by Gasteiger charge is -2.33. The number of halogens is 2. The van der Waals surface area contributed by atoms with Crippen LogP contribution in [0.3, 0.4) is 0 Å². The van der Waals surface area contributed by atoms with E-state index in [2.05, 4.69) is 33.2 Å². The van der Waals surface area contributed by atoms with Crippen molar-refractivity contribution >= 4 is 17.3 Å². The van der Waals surface area contributed by atoms with E-state index >= 15 is 0 Å². The summed E-state index contributed by atoms with van der Waals surface area (Å²) in [5.41, 5.74) is 13.0. The second-order valence-corrected chi connectivity index (χ2v) is 9.97. The summed E-state index contributed by atoms with van der Waals surface area (Å²) in [5.74, 6) is -1.54. The number of anilines is 2. The van der Waals surface area contributed by atoms with Crippen LogP contribution in [0.25, 0.3) is 11.5 Å². The molecule has 8 N–H and O–H groups in total. The van der Waals surface area contributed by atoms with Gasteiger partial charge in [-0.2, -0.15) is 0 Å². The lowest BCUT2D eigenvalue weighted by Crippen LogP contribution is -2.45. The fourth-order valence-electron chi connectivity index (χ4n) is 4.87. The van der Waals surface area contributed by atoms with Crippen molar-refractivity contribution in [1.82, 2.24) is 10.3 Å². The highest BCUT2D eigenvalue weighted by molar-refractivity contribution is 6.00. The number of aliphatic hydroxyl groups excluding tert-OH is 1. The molecule has 40 heavy (non-hydrogen) atoms. The van der Waals surface area contributed by atoms with E-state index in [9.17, 15) is 18.7 Å². The number of oxazole rings is 1. The Bertz CT molecular complexity index is 1310. The first-order chi connectivity index (χ1) is 19.3. The maximum absolute atomic E-state index is 13.9. The fourth-order valence-corrected chi connectivity index (χ4v) is 4.87. The number of aromatic nitrogens is 1. The van der Waals surface area contributed by atoms with Crippen LogP contribution in [-0.4, -0.2) is 47.8 Å². The highest BCUT2D eigenvalue weighted by Gasteiger charge is 2.27. The van der Waals surface area contributed by atoms with Crippen LogP contribution in [0, 0.1) is 11.6 Å². The molecule has 2 aromatic carbocycles. The van der Waals surface area contributed by atoms with Gasteiger partial charge in [0.15, 0.2) is 0 Å². The van der Waals surface area contributed by atoms with Crippen LogP contribution in [0.5, 0.6) is 0 Å². The third-order valence-corrected chi connectivity index (χ3v) is 7.00. The molecule has 0 aliphatic carbocycles. The van der Waals surface area contributed by atoms with Gasteiger partial charge in [0.2, 0.25) is 5.89 Å². The molecule has 1 amide bonds. The molecule has 0 fully saturated rings. The molecule has 9 nitrogen and oxygen atoms in total. The van der Waals surface area contributed by atoms with E-state index in [-0.39, 0.29) is 12.8 Å². The van der Waals surface area contributed by atoms with Gasteiger partial charge in [-0.1, -0.05) is 13.3 Å². The van der Waals surface area contributed by atoms with Gasteiger partial charge in [-0.3, -0.25) is 4.79 Å². The molecule has 214 valence electrons. The maximum atomic E-state index is 13.9. The van der Waals surface area contributed by atoms with Gasteiger partial charge < -0.3 is 36.5 Å². The topological polar surface area (TPSA) is 144 Å². The number of hydrogen-bond acceptors (Lipinski definition) is 7. The number of allylic oxidation sites excluding steroid dienone is 1. The van der Waals surface area contributed by atoms with Gasteiger partial charge in [0.05, 0.1) is 41.0 Å². The van der Waals surface area contributed by atoms with E-state index in [1.165, 1.54) is 24.6 Å². The molecule has 0 bridgehead atoms. The molecular weight excluding hydrogens is 518 g/mol. The molecule has 11 heteroatoms. The van der Waals surface area contributed by atoms with Gasteiger partial charge in [-0.25, -0.2) is 13.8 Å². The number of hydrogen-bond donors (Lipinski definition) is 5. The molecule has 1 aliphatic heterocycles. The number of rotatable bonds is 12. The van der Waals surface area contributed by atoms with Crippen molar-refractivity contribution in [3.8, 4) is 11.5 Å². The van der Waals surface area contributed by atoms with Gasteiger partial charge in [0.25, 0.3) is 5.91 Å². The zero-order valence-electron chi connectivity index (χ0n) is 22.6. The molecule has 0 saturated heterocycles. The Labute approximate surface area is 232 Å². The summed E-state index contributed by atoms with van der Waals surface area (Å²) < 4.78 is 33.4. The minimum absolute atomic E-state index is 0.0112. The summed E-state index contributed by atoms with van der Waals surface area (Å²) in [7, 11) is 0. The van der Waals surface area contributed by atoms with E-state index in [0.29, 0.717) is 34.7 Å². The number of nitrogens with one attached hydrogen (secondary N) is 2. The lowest BCUT2D eigenvalue weighted by atomic mass is 9.96. The van der Waals surface area contributed by atoms with Crippen LogP contribution in [0.2, 0.25) is 0 Å². The van der Waals surface area contributed by atoms with Gasteiger partial charge in [-0.15, -0.1) is 0 Å². The lowest BCUT2D eigenvalue weighted by molar-refractivity contribution is -0.276. The maximum Gasteiger partial charge on any atom is 0.251 e. The molecule has 0 radical (unpaired) electrons. The van der Waals surface area contributed by atoms with Crippen molar-refractivity contribution in [3.63, 3.8) is 0 Å². The Morgan fingerprint density at radius 1 is 1.30 bits per heavy atom. The van der Waals surface area contributed by atoms with E-state index in [1.54, 1.807) is 12.3 Å². The Balaban J connectivity index is 1.67. The number of nitrogens with two attached hydrogens (primary N) is 1. The van der Waals surface area contributed by atoms with Gasteiger partial charge in [-0.05, 0) is 55.5 Å². The number of nitrogens with zero attached hydrogens (tertiary/aromatic N) is 2. The highest BCUT2D eigenvalue weighted by atomic mass is 19.1. The number of benzene rings is 2. The van der Waals surface area contributed by atoms with Crippen molar-refractivity contribution in [3.05, 3.63) is 77.5 Å². The third-order valence-electron chi connectivity index (χ3n) is 7.00. The predicted octanol–water partition coefficient (Wildman–Crippen LogP) is 3.18. The Kier molecular flexibility index (Phi) is 9.73. The predicted molar refractivity (Wildman–Crippen MR) is 149 cm³/mol. The number of fused-ring (bicyclic) bond motifs is 1. The summed E-state index contributed by atoms with van der Waals surface area (Å²) in [6.07, 6.45) is 6.08. The van der Waals surface area contributed by atoms with Gasteiger partial charge in [0.1, 0.15) is 24.1 Å². The van der Waals surface area contributed by atoms with Crippen molar-refractivity contribution in [2.24, 2.45) is 5.73 Å². The molecular formula is C29H37F2N6O3+. The van der Waals surface area contributed by atoms with Gasteiger partial charge in [0, 0.05) is 31.3 Å². The summed E-state index contributed by atoms with van der Waals surface area (Å²) >= 11 is 0. The Morgan fingerprint density at radius 2 is 2.08 bits per heavy atom. The first-order valence-electron chi connectivity index (χ1n) is 13.5. The zero-order chi connectivity index (χ0) is 28.6. The number of aliphatic hydroxyl groups is 1. The highest BCUT2D eigenvalue weighted by Crippen LogP contribution is 2.39. The van der Waals surface area contributed by atoms with E-state index < -0.39 is 29.7 Å². The average Bonchev–Trinajstić information content (AvgIpc) is 3.48. The van der Waals surface area contributed by atoms with Crippen molar-refractivity contribution in [2.45, 2.75) is 51.2 Å². The summed E-state index contributed by atoms with van der Waals surface area (Å²) in [6, 6.07) is 5.83. The van der Waals surface area contributed by atoms with E-state index in [0.717, 1.165) is 49.9 Å². The quantitative estimate of drug-likeness (QED) is 0.231. The van der Waals surface area contributed by atoms with Crippen LogP contribution in [0.1, 0.15) is 48.5 Å². The van der Waals surface area contributed by atoms with Gasteiger partial charge >= 0.3 is 0 Å². The molecule has 2 atom stereocenters. The van der Waals surface area contributed by atoms with Crippen LogP contribution in [0.4, 0.5) is 20.2 Å². The number of carbonyl (C=O) groups excluding carboxylic acids is 1. The standard InChI is InChI=1S/C29H36F2N6O3/c1-2-3-8-37-9-6-34-27-23(29-35-7-10-40-29)14-19(15-25(27)37)28(39)36-24(26(38)5-4-22(33)17-32)13-18-11-20(30)16-21(31)12-18/h7,10-12,14-17,24,26,34,38H,2-6,8-9,13,32-33H2,1H3,(H,36,39)/p+1. The van der Waals surface area contributed by atoms with Crippen molar-refractivity contribution in [2.75, 3.05) is 29.9 Å². The minimum Gasteiger partial charge on any atom is -0.444 e. The number of unbranched alkanes of at least 4 members (excludes halogenated alkanes) is 1. The molecule has 3 aromatic rings. The van der Waals surface area contributed by atoms with E-state index in [4.69, 9.17) is 10.2 Å². The minimum atomic E-state index is -1.04. The second-order valence-electron chi connectivity index (χ2n) is 9.97. The zero-order valence-corrected chi connectivity index (χ0v) is 22.6. The molecule has 1 aromatic heterocycles. The average molecular weight is 556 g/mol. The molecule has 0 saturated carbocycles. The van der Waals surface area contributed by atoms with Crippen LogP contribution in [0.15, 0.2) is 59.1 Å². The van der Waals surface area contributed by atoms with Crippen LogP contribution in [-0.2, 0) is 6.42 Å². The smallest absolute Gasteiger partial charge is 0.251 e. The third kappa shape index (κ3) is 7.16. The Hall–Kier alpha value is -3.96. The summed E-state index contributed by atoms with van der Waals surface area (Å²) in [4.78, 5) is 20.2. The number of amides is 1. The molecule has 2 unspecified atom stereocenters. The summed E-state index contributed by atoms with van der Waals surface area (Å²) in [5, 5.41) is 17.4. The summed E-state index contributed by atoms with van der Waals surface area (Å²) in [6.45, 7) is 4.46. The number of quaternary nitrogens is 1. The van der Waals surface area contributed by atoms with Crippen LogP contribution >= 0.6 is 0 Å². The number of carbonyl (C=O) groups is 1. The Morgan fingerprint density at radius 3 is 2.75 bits per heavy atom. The normalized spacial score (nSPS) is 14.8. The van der Waals surface area contributed by atoms with Crippen molar-refractivity contribution in [1.29, 1.82) is 0 Å². The van der Waals surface area contributed by atoms with E-state index in [1.807, 2.05) is 6.07 Å². The monoisotopic (exact) mass is 555 g/mol. The molecule has 1 aliphatic rings. The largest absolute Gasteiger partial charge is 0.444 e. The SMILES string of the molecule is CCCCN1CCNc2c(-c3ncco3)cc(C(=O)NC(Cc3cc(F)cc(F)c3)C(O)CCC(N)=C[NH3+])cc21. The van der Waals surface area contributed by atoms with Crippen LogP contribution < -0.4 is 27.0 Å². The molecule has 4 rings (SSSR count). The molecule has 2 heterocycles. The fraction of sp³-hybridized carbons (Fsp3) is 0.379. The second kappa shape index (κ2) is 13.4. The first-order valence-corrected chi connectivity index (χ1v) is 13.5. The molecule has 0 spiro atoms. The first kappa shape index (κ1) is 29.0. The van der Waals surface area contributed by atoms with Crippen molar-refractivity contribution < 1.29 is 28.8 Å².